The van der Waals surface area contributed by atoms with Gasteiger partial charge in [-0.25, -0.2) is 6.92 Å². The molecule has 0 spiro atoms. The number of fused-ring (bicyclic) bond motifs is 1. The first-order chi connectivity index (χ1) is 18.9. The van der Waals surface area contributed by atoms with E-state index in [1.54, 1.807) is 13.8 Å². The summed E-state index contributed by atoms with van der Waals surface area (Å²) in [5, 5.41) is 19.9. The van der Waals surface area contributed by atoms with Gasteiger partial charge in [0, 0.05) is 39.1 Å². The average molecular weight is 729 g/mol. The van der Waals surface area contributed by atoms with Crippen LogP contribution < -0.4 is 20.4 Å². The summed E-state index contributed by atoms with van der Waals surface area (Å²) >= 11 is 0. The number of nitrogens with zero attached hydrogens (tertiary/aromatic N) is 2. The SMILES string of the molecule is CC(O)CC(C)O.CN1[CH-]N(c2[c-]cccc2)c2ccccc21.[CH2-]C=C[PH+](c1ccccc1)c1ccccc1.[Os]. The number of para-hydroxylation sites is 3. The zero-order valence-electron chi connectivity index (χ0n) is 23.3. The van der Waals surface area contributed by atoms with Crippen LogP contribution in [0.4, 0.5) is 17.1 Å². The average Bonchev–Trinajstić information content (AvgIpc) is 3.29. The van der Waals surface area contributed by atoms with E-state index in [-0.39, 0.29) is 32.0 Å². The minimum atomic E-state index is -0.794. The Morgan fingerprint density at radius 1 is 0.800 bits per heavy atom. The summed E-state index contributed by atoms with van der Waals surface area (Å²) < 4.78 is 0. The monoisotopic (exact) mass is 730 g/mol. The number of hydrogen-bond acceptors (Lipinski definition) is 4. The molecule has 0 radical (unpaired) electrons. The van der Waals surface area contributed by atoms with Gasteiger partial charge in [-0.05, 0) is 63.7 Å². The van der Waals surface area contributed by atoms with Gasteiger partial charge in [-0.15, -0.1) is 5.69 Å². The van der Waals surface area contributed by atoms with E-state index < -0.39 is 7.92 Å². The summed E-state index contributed by atoms with van der Waals surface area (Å²) in [7, 11) is 1.26. The molecule has 1 aliphatic heterocycles. The first kappa shape index (κ1) is 33.3. The van der Waals surface area contributed by atoms with Gasteiger partial charge < -0.3 is 20.0 Å². The van der Waals surface area contributed by atoms with Crippen molar-refractivity contribution in [2.24, 2.45) is 0 Å². The second-order valence-corrected chi connectivity index (χ2v) is 11.6. The molecule has 212 valence electrons. The van der Waals surface area contributed by atoms with Crippen molar-refractivity contribution in [3.8, 4) is 0 Å². The Labute approximate surface area is 254 Å². The summed E-state index contributed by atoms with van der Waals surface area (Å²) in [4.78, 5) is 4.27. The number of rotatable bonds is 6. The van der Waals surface area contributed by atoms with Gasteiger partial charge >= 0.3 is 0 Å². The summed E-state index contributed by atoms with van der Waals surface area (Å²) in [5.41, 5.74) is 3.49. The minimum Gasteiger partial charge on any atom is -0.504 e. The molecule has 4 aromatic rings. The van der Waals surface area contributed by atoms with Crippen LogP contribution in [0, 0.1) is 19.7 Å². The van der Waals surface area contributed by atoms with E-state index >= 15 is 0 Å². The van der Waals surface area contributed by atoms with E-state index in [9.17, 15) is 0 Å². The number of aliphatic hydroxyl groups excluding tert-OH is 2. The molecule has 0 saturated carbocycles. The van der Waals surface area contributed by atoms with Crippen LogP contribution in [0.25, 0.3) is 0 Å². The van der Waals surface area contributed by atoms with Gasteiger partial charge in [0.1, 0.15) is 0 Å². The molecule has 2 N–H and O–H groups in total. The summed E-state index contributed by atoms with van der Waals surface area (Å²) in [6.45, 7) is 9.22. The second kappa shape index (κ2) is 17.7. The molecule has 40 heavy (non-hydrogen) atoms. The molecule has 2 unspecified atom stereocenters. The molecule has 1 heterocycles. The van der Waals surface area contributed by atoms with Gasteiger partial charge in [-0.1, -0.05) is 54.3 Å². The molecule has 6 heteroatoms. The number of anilines is 3. The molecule has 0 aromatic heterocycles. The van der Waals surface area contributed by atoms with Crippen molar-refractivity contribution in [3.05, 3.63) is 141 Å². The molecule has 0 aliphatic carbocycles. The smallest absolute Gasteiger partial charge is 0.0850 e. The van der Waals surface area contributed by atoms with Crippen LogP contribution in [-0.2, 0) is 19.8 Å². The quantitative estimate of drug-likeness (QED) is 0.175. The van der Waals surface area contributed by atoms with Gasteiger partial charge in [0.25, 0.3) is 0 Å². The predicted octanol–water partition coefficient (Wildman–Crippen LogP) is 6.53. The van der Waals surface area contributed by atoms with Gasteiger partial charge in [-0.3, -0.25) is 0 Å². The maximum absolute atomic E-state index is 8.56. The van der Waals surface area contributed by atoms with Gasteiger partial charge in [0.2, 0.25) is 0 Å². The third-order valence-corrected chi connectivity index (χ3v) is 8.38. The van der Waals surface area contributed by atoms with Crippen molar-refractivity contribution in [3.63, 3.8) is 0 Å². The second-order valence-electron chi connectivity index (χ2n) is 9.31. The van der Waals surface area contributed by atoms with Crippen LogP contribution in [0.2, 0.25) is 0 Å². The van der Waals surface area contributed by atoms with Crippen molar-refractivity contribution < 1.29 is 30.0 Å². The minimum absolute atomic E-state index is 0. The van der Waals surface area contributed by atoms with Gasteiger partial charge in [0.15, 0.2) is 0 Å². The molecule has 5 rings (SSSR count). The number of benzene rings is 4. The zero-order valence-corrected chi connectivity index (χ0v) is 26.9. The Balaban J connectivity index is 0.000000224. The molecule has 0 fully saturated rings. The van der Waals surface area contributed by atoms with E-state index in [1.165, 1.54) is 22.0 Å². The molecule has 0 saturated heterocycles. The Morgan fingerprint density at radius 3 is 1.75 bits per heavy atom. The van der Waals surface area contributed by atoms with Crippen molar-refractivity contribution in [2.45, 2.75) is 32.5 Å². The number of allylic oxidation sites excluding steroid dienone is 1. The van der Waals surface area contributed by atoms with Crippen LogP contribution in [0.5, 0.6) is 0 Å². The molecule has 2 atom stereocenters. The molecule has 0 amide bonds. The number of hydrogen-bond donors (Lipinski definition) is 2. The third-order valence-electron chi connectivity index (χ3n) is 5.90. The molecule has 4 nitrogen and oxygen atoms in total. The molecule has 0 bridgehead atoms. The maximum Gasteiger partial charge on any atom is 0.0850 e. The normalized spacial score (nSPS) is 13.3. The first-order valence-electron chi connectivity index (χ1n) is 13.1. The van der Waals surface area contributed by atoms with E-state index in [1.807, 2.05) is 24.3 Å². The largest absolute Gasteiger partial charge is 0.504 e. The van der Waals surface area contributed by atoms with Crippen LogP contribution in [0.1, 0.15) is 20.3 Å². The summed E-state index contributed by atoms with van der Waals surface area (Å²) in [5.74, 6) is 2.23. The van der Waals surface area contributed by atoms with E-state index in [0.29, 0.717) is 6.42 Å². The van der Waals surface area contributed by atoms with E-state index in [2.05, 4.69) is 133 Å². The van der Waals surface area contributed by atoms with Gasteiger partial charge in [0.05, 0.1) is 22.8 Å². The number of aliphatic hydroxyl groups is 2. The topological polar surface area (TPSA) is 46.9 Å². The molecular weight excluding hydrogens is 690 g/mol. The summed E-state index contributed by atoms with van der Waals surface area (Å²) in [6.07, 6.45) is 1.63. The van der Waals surface area contributed by atoms with Crippen LogP contribution in [-0.4, -0.2) is 29.5 Å². The van der Waals surface area contributed by atoms with Crippen LogP contribution in [0.3, 0.4) is 0 Å². The van der Waals surface area contributed by atoms with Crippen molar-refractivity contribution in [1.82, 2.24) is 0 Å². The Kier molecular flexibility index (Phi) is 14.7. The molecule has 1 aliphatic rings. The van der Waals surface area contributed by atoms with Crippen molar-refractivity contribution in [1.29, 1.82) is 0 Å². The first-order valence-corrected chi connectivity index (χ1v) is 14.7. The van der Waals surface area contributed by atoms with Crippen molar-refractivity contribution in [2.75, 3.05) is 16.8 Å². The van der Waals surface area contributed by atoms with Crippen LogP contribution >= 0.6 is 7.92 Å². The summed E-state index contributed by atoms with van der Waals surface area (Å²) in [6, 6.07) is 40.9. The van der Waals surface area contributed by atoms with Crippen molar-refractivity contribution >= 4 is 35.6 Å². The molecular formula is C34H39N2O2OsP-2. The fourth-order valence-corrected chi connectivity index (χ4v) is 6.25. The van der Waals surface area contributed by atoms with Gasteiger partial charge in [-0.2, -0.15) is 43.1 Å². The fourth-order valence-electron chi connectivity index (χ4n) is 4.20. The van der Waals surface area contributed by atoms with Crippen LogP contribution in [0.15, 0.2) is 121 Å². The fraction of sp³-hybridized carbons (Fsp3) is 0.176. The Morgan fingerprint density at radius 2 is 1.30 bits per heavy atom. The predicted molar refractivity (Wildman–Crippen MR) is 170 cm³/mol. The Bertz CT molecular complexity index is 1210. The molecule has 4 aromatic carbocycles. The third kappa shape index (κ3) is 10.2. The Hall–Kier alpha value is -2.92. The maximum atomic E-state index is 8.56. The van der Waals surface area contributed by atoms with E-state index in [0.717, 1.165) is 5.69 Å². The zero-order chi connectivity index (χ0) is 28.0. The standard InChI is InChI=1S/C15H14P.C14H12N2.C5H12O2.Os/c1-2-13-16(14-9-5-3-6-10-14)15-11-7-4-8-12-15;1-15-11-16(12-7-3-2-4-8-12)14-10-6-5-9-13(14)15;1-4(6)3-5(2)7;/h2-13H,1H2;2-7,9-11H,1H3;4-7H,3H2,1-2H3;/q-1;-2;;/p+1. The van der Waals surface area contributed by atoms with E-state index in [4.69, 9.17) is 10.2 Å².